The van der Waals surface area contributed by atoms with E-state index in [9.17, 15) is 9.59 Å². The molecule has 25 heavy (non-hydrogen) atoms. The first-order valence-electron chi connectivity index (χ1n) is 8.91. The highest BCUT2D eigenvalue weighted by atomic mass is 32.1. The van der Waals surface area contributed by atoms with E-state index in [0.717, 1.165) is 37.7 Å². The van der Waals surface area contributed by atoms with Gasteiger partial charge in [0.2, 0.25) is 5.82 Å². The van der Waals surface area contributed by atoms with Crippen molar-refractivity contribution in [1.82, 2.24) is 15.3 Å². The molecule has 6 heteroatoms. The number of aromatic nitrogens is 2. The molecule has 0 radical (unpaired) electrons. The van der Waals surface area contributed by atoms with E-state index in [1.807, 2.05) is 6.08 Å². The topological polar surface area (TPSA) is 74.8 Å². The number of H-pyrrole nitrogens is 1. The van der Waals surface area contributed by atoms with Crippen LogP contribution in [0.15, 0.2) is 29.1 Å². The first-order chi connectivity index (χ1) is 12.2. The lowest BCUT2D eigenvalue weighted by molar-refractivity contribution is 0.0920. The highest BCUT2D eigenvalue weighted by Crippen LogP contribution is 2.36. The van der Waals surface area contributed by atoms with Crippen LogP contribution >= 0.6 is 11.3 Å². The second kappa shape index (κ2) is 5.66. The molecule has 3 atom stereocenters. The fraction of sp³-hybridized carbons (Fsp3) is 0.421. The van der Waals surface area contributed by atoms with E-state index in [4.69, 9.17) is 0 Å². The smallest absolute Gasteiger partial charge is 0.287 e. The Kier molecular flexibility index (Phi) is 3.41. The number of hydrogen-bond acceptors (Lipinski definition) is 4. The SMILES string of the molecule is O=C(N[C@@H]1CCC2C=CC=CC21)c1nc2sc3c(c2c(=O)[nH]1)CCC3. The summed E-state index contributed by atoms with van der Waals surface area (Å²) in [5.41, 5.74) is 0.956. The van der Waals surface area contributed by atoms with E-state index in [0.29, 0.717) is 22.1 Å². The van der Waals surface area contributed by atoms with Crippen molar-refractivity contribution in [2.24, 2.45) is 11.8 Å². The van der Waals surface area contributed by atoms with Crippen LogP contribution < -0.4 is 10.9 Å². The third-order valence-corrected chi connectivity index (χ3v) is 6.87. The van der Waals surface area contributed by atoms with E-state index in [1.54, 1.807) is 11.3 Å². The maximum Gasteiger partial charge on any atom is 0.287 e. The zero-order valence-corrected chi connectivity index (χ0v) is 14.6. The van der Waals surface area contributed by atoms with Gasteiger partial charge in [-0.1, -0.05) is 24.3 Å². The Morgan fingerprint density at radius 3 is 3.04 bits per heavy atom. The molecule has 0 spiro atoms. The molecular weight excluding hydrogens is 334 g/mol. The van der Waals surface area contributed by atoms with Gasteiger partial charge in [0.05, 0.1) is 5.39 Å². The zero-order valence-electron chi connectivity index (χ0n) is 13.7. The molecule has 0 bridgehead atoms. The number of hydrogen-bond donors (Lipinski definition) is 2. The average molecular weight is 353 g/mol. The number of allylic oxidation sites excluding steroid dienone is 3. The van der Waals surface area contributed by atoms with Crippen molar-refractivity contribution in [3.05, 3.63) is 50.9 Å². The van der Waals surface area contributed by atoms with Crippen molar-refractivity contribution in [2.75, 3.05) is 0 Å². The first kappa shape index (κ1) is 15.1. The molecule has 0 aliphatic heterocycles. The van der Waals surface area contributed by atoms with Gasteiger partial charge in [-0.25, -0.2) is 4.98 Å². The van der Waals surface area contributed by atoms with Crippen LogP contribution in [0.4, 0.5) is 0 Å². The van der Waals surface area contributed by atoms with Gasteiger partial charge in [-0.05, 0) is 43.6 Å². The fourth-order valence-corrected chi connectivity index (χ4v) is 5.73. The molecule has 1 saturated carbocycles. The average Bonchev–Trinajstić information content (AvgIpc) is 3.29. The number of aryl methyl sites for hydroxylation is 2. The second-order valence-corrected chi connectivity index (χ2v) is 8.20. The Bertz CT molecular complexity index is 984. The van der Waals surface area contributed by atoms with Crippen molar-refractivity contribution < 1.29 is 4.79 Å². The molecule has 1 fully saturated rings. The summed E-state index contributed by atoms with van der Waals surface area (Å²) in [5.74, 6) is 0.706. The first-order valence-corrected chi connectivity index (χ1v) is 9.73. The van der Waals surface area contributed by atoms with E-state index in [-0.39, 0.29) is 23.3 Å². The van der Waals surface area contributed by atoms with Gasteiger partial charge < -0.3 is 10.3 Å². The van der Waals surface area contributed by atoms with Gasteiger partial charge in [0, 0.05) is 16.8 Å². The van der Waals surface area contributed by atoms with Crippen LogP contribution in [-0.4, -0.2) is 21.9 Å². The largest absolute Gasteiger partial charge is 0.346 e. The molecule has 2 aromatic rings. The van der Waals surface area contributed by atoms with Crippen LogP contribution in [0.5, 0.6) is 0 Å². The lowest BCUT2D eigenvalue weighted by Crippen LogP contribution is -2.39. The number of fused-ring (bicyclic) bond motifs is 4. The molecule has 2 heterocycles. The van der Waals surface area contributed by atoms with E-state index >= 15 is 0 Å². The van der Waals surface area contributed by atoms with Crippen LogP contribution in [0.25, 0.3) is 10.2 Å². The summed E-state index contributed by atoms with van der Waals surface area (Å²) >= 11 is 1.56. The summed E-state index contributed by atoms with van der Waals surface area (Å²) < 4.78 is 0. The monoisotopic (exact) mass is 353 g/mol. The normalized spacial score (nSPS) is 26.8. The molecule has 2 unspecified atom stereocenters. The second-order valence-electron chi connectivity index (χ2n) is 7.12. The number of thiophene rings is 1. The molecule has 0 saturated heterocycles. The number of carbonyl (C=O) groups is 1. The van der Waals surface area contributed by atoms with Gasteiger partial charge >= 0.3 is 0 Å². The number of aromatic amines is 1. The van der Waals surface area contributed by atoms with Crippen molar-refractivity contribution in [3.8, 4) is 0 Å². The highest BCUT2D eigenvalue weighted by Gasteiger charge is 2.35. The molecule has 5 rings (SSSR count). The number of carbonyl (C=O) groups excluding carboxylic acids is 1. The lowest BCUT2D eigenvalue weighted by Gasteiger charge is -2.22. The summed E-state index contributed by atoms with van der Waals surface area (Å²) in [4.78, 5) is 34.3. The Hall–Kier alpha value is -2.21. The van der Waals surface area contributed by atoms with Crippen molar-refractivity contribution in [3.63, 3.8) is 0 Å². The number of nitrogens with zero attached hydrogens (tertiary/aromatic N) is 1. The molecule has 128 valence electrons. The van der Waals surface area contributed by atoms with Gasteiger partial charge in [0.15, 0.2) is 0 Å². The van der Waals surface area contributed by atoms with Gasteiger partial charge in [0.1, 0.15) is 4.83 Å². The minimum absolute atomic E-state index is 0.105. The third-order valence-electron chi connectivity index (χ3n) is 5.68. The Morgan fingerprint density at radius 1 is 1.24 bits per heavy atom. The standard InChI is InChI=1S/C19H19N3O2S/c23-17-15-12-6-3-7-14(12)25-19(15)22-16(21-17)18(24)20-13-9-8-10-4-1-2-5-11(10)13/h1-2,4-5,10-11,13H,3,6-9H2,(H,20,24)(H,21,22,23)/t10?,11?,13-/m1/s1. The zero-order chi connectivity index (χ0) is 17.0. The Balaban J connectivity index is 1.43. The predicted octanol–water partition coefficient (Wildman–Crippen LogP) is 2.72. The van der Waals surface area contributed by atoms with Crippen LogP contribution in [0.3, 0.4) is 0 Å². The van der Waals surface area contributed by atoms with Crippen molar-refractivity contribution in [2.45, 2.75) is 38.1 Å². The van der Waals surface area contributed by atoms with Gasteiger partial charge in [-0.15, -0.1) is 11.3 Å². The van der Waals surface area contributed by atoms with Crippen LogP contribution in [0.1, 0.15) is 40.3 Å². The number of nitrogens with one attached hydrogen (secondary N) is 2. The third kappa shape index (κ3) is 2.39. The van der Waals surface area contributed by atoms with Crippen LogP contribution in [0.2, 0.25) is 0 Å². The minimum Gasteiger partial charge on any atom is -0.346 e. The summed E-state index contributed by atoms with van der Waals surface area (Å²) in [7, 11) is 0. The van der Waals surface area contributed by atoms with Crippen LogP contribution in [0, 0.1) is 11.8 Å². The van der Waals surface area contributed by atoms with E-state index < -0.39 is 0 Å². The van der Waals surface area contributed by atoms with E-state index in [2.05, 4.69) is 33.5 Å². The molecule has 0 aromatic carbocycles. The molecule has 1 amide bonds. The number of rotatable bonds is 2. The Morgan fingerprint density at radius 2 is 2.12 bits per heavy atom. The summed E-state index contributed by atoms with van der Waals surface area (Å²) in [6.45, 7) is 0. The highest BCUT2D eigenvalue weighted by molar-refractivity contribution is 7.18. The summed E-state index contributed by atoms with van der Waals surface area (Å²) in [6, 6.07) is 0.105. The molecule has 2 N–H and O–H groups in total. The maximum atomic E-state index is 12.7. The van der Waals surface area contributed by atoms with E-state index in [1.165, 1.54) is 4.88 Å². The Labute approximate surface area is 148 Å². The fourth-order valence-electron chi connectivity index (χ4n) is 4.47. The summed E-state index contributed by atoms with van der Waals surface area (Å²) in [6.07, 6.45) is 13.6. The lowest BCUT2D eigenvalue weighted by atomic mass is 9.90. The van der Waals surface area contributed by atoms with Gasteiger partial charge in [0.25, 0.3) is 11.5 Å². The molecule has 5 nitrogen and oxygen atoms in total. The maximum absolute atomic E-state index is 12.7. The quantitative estimate of drug-likeness (QED) is 0.872. The summed E-state index contributed by atoms with van der Waals surface area (Å²) in [5, 5.41) is 3.77. The minimum atomic E-state index is -0.277. The number of amides is 1. The molecule has 3 aliphatic rings. The predicted molar refractivity (Wildman–Crippen MR) is 98.0 cm³/mol. The van der Waals surface area contributed by atoms with Gasteiger partial charge in [-0.2, -0.15) is 0 Å². The van der Waals surface area contributed by atoms with Crippen molar-refractivity contribution >= 4 is 27.5 Å². The van der Waals surface area contributed by atoms with Crippen LogP contribution in [-0.2, 0) is 12.8 Å². The van der Waals surface area contributed by atoms with Gasteiger partial charge in [-0.3, -0.25) is 9.59 Å². The molecule has 3 aliphatic carbocycles. The van der Waals surface area contributed by atoms with Crippen molar-refractivity contribution in [1.29, 1.82) is 0 Å². The molecular formula is C19H19N3O2S. The molecule has 2 aromatic heterocycles.